The van der Waals surface area contributed by atoms with Gasteiger partial charge in [-0.25, -0.2) is 0 Å². The summed E-state index contributed by atoms with van der Waals surface area (Å²) in [6, 6.07) is 172. The summed E-state index contributed by atoms with van der Waals surface area (Å²) in [5.74, 6) is 0. The van der Waals surface area contributed by atoms with Gasteiger partial charge >= 0.3 is 0 Å². The number of rotatable bonds is 16. The predicted molar refractivity (Wildman–Crippen MR) is 519 cm³/mol. The van der Waals surface area contributed by atoms with Gasteiger partial charge in [0.05, 0.1) is 27.8 Å². The van der Waals surface area contributed by atoms with Gasteiger partial charge in [-0.15, -0.1) is 0 Å². The van der Waals surface area contributed by atoms with Crippen LogP contribution in [0.25, 0.3) is 166 Å². The van der Waals surface area contributed by atoms with Crippen molar-refractivity contribution in [2.45, 2.75) is 13.8 Å². The molecule has 0 aliphatic carbocycles. The number of anilines is 6. The first-order chi connectivity index (χ1) is 60.3. The molecule has 0 spiro atoms. The largest absolute Gasteiger partial charge is 0.311 e. The van der Waals surface area contributed by atoms with Crippen LogP contribution < -0.4 is 9.80 Å². The molecule has 0 N–H and O–H groups in total. The number of aromatic nitrogens is 2. The van der Waals surface area contributed by atoms with E-state index in [1.54, 1.807) is 0 Å². The summed E-state index contributed by atoms with van der Waals surface area (Å²) in [5.41, 5.74) is 35.8. The van der Waals surface area contributed by atoms with Crippen molar-refractivity contribution in [3.8, 4) is 100 Å². The van der Waals surface area contributed by atoms with E-state index in [4.69, 9.17) is 0 Å². The van der Waals surface area contributed by atoms with Crippen LogP contribution in [0.4, 0.5) is 34.1 Å². The van der Waals surface area contributed by atoms with Gasteiger partial charge in [0.1, 0.15) is 0 Å². The molecule has 122 heavy (non-hydrogen) atoms. The Balaban J connectivity index is 0.000000150. The van der Waals surface area contributed by atoms with Gasteiger partial charge in [0.25, 0.3) is 0 Å². The molecule has 0 atom stereocenters. The number of para-hydroxylation sites is 4. The van der Waals surface area contributed by atoms with Gasteiger partial charge in [-0.1, -0.05) is 357 Å². The summed E-state index contributed by atoms with van der Waals surface area (Å²) in [5, 5.41) is 9.97. The van der Waals surface area contributed by atoms with Crippen LogP contribution in [0.15, 0.2) is 473 Å². The molecule has 576 valence electrons. The minimum absolute atomic E-state index is 1.11. The lowest BCUT2D eigenvalue weighted by Gasteiger charge is -2.27. The molecule has 4 heteroatoms. The topological polar surface area (TPSA) is 16.3 Å². The molecule has 22 rings (SSSR count). The molecule has 0 amide bonds. The molecule has 4 nitrogen and oxygen atoms in total. The quantitative estimate of drug-likeness (QED) is 0.0959. The lowest BCUT2D eigenvalue weighted by atomic mass is 9.91. The monoisotopic (exact) mass is 1560 g/mol. The third-order valence-corrected chi connectivity index (χ3v) is 24.2. The zero-order valence-corrected chi connectivity index (χ0v) is 67.8. The Morgan fingerprint density at radius 2 is 0.410 bits per heavy atom. The fourth-order valence-corrected chi connectivity index (χ4v) is 18.0. The minimum atomic E-state index is 1.11. The van der Waals surface area contributed by atoms with Crippen LogP contribution in [0.2, 0.25) is 0 Å². The maximum absolute atomic E-state index is 2.39. The lowest BCUT2D eigenvalue weighted by Crippen LogP contribution is -2.10. The first kappa shape index (κ1) is 73.7. The van der Waals surface area contributed by atoms with E-state index in [-0.39, 0.29) is 0 Å². The molecule has 0 aliphatic rings. The van der Waals surface area contributed by atoms with Crippen molar-refractivity contribution in [2.75, 3.05) is 9.80 Å². The first-order valence-electron chi connectivity index (χ1n) is 42.0. The normalized spacial score (nSPS) is 11.4. The molecule has 0 aliphatic heterocycles. The van der Waals surface area contributed by atoms with E-state index in [0.717, 1.165) is 34.1 Å². The highest BCUT2D eigenvalue weighted by Gasteiger charge is 2.22. The molecule has 22 aromatic rings. The Morgan fingerprint density at radius 3 is 0.820 bits per heavy atom. The number of benzene rings is 20. The molecule has 0 fully saturated rings. The van der Waals surface area contributed by atoms with Crippen LogP contribution in [-0.4, -0.2) is 9.13 Å². The molecule has 0 unspecified atom stereocenters. The molecular weight excluding hydrogens is 1470 g/mol. The van der Waals surface area contributed by atoms with E-state index in [1.165, 1.54) is 177 Å². The number of aryl methyl sites for hydroxylation is 2. The summed E-state index contributed by atoms with van der Waals surface area (Å²) in [6.45, 7) is 4.28. The fourth-order valence-electron chi connectivity index (χ4n) is 18.0. The van der Waals surface area contributed by atoms with Crippen LogP contribution in [0.5, 0.6) is 0 Å². The Kier molecular flexibility index (Phi) is 19.5. The molecule has 2 heterocycles. The van der Waals surface area contributed by atoms with Gasteiger partial charge in [-0.3, -0.25) is 0 Å². The van der Waals surface area contributed by atoms with E-state index in [2.05, 4.69) is 506 Å². The van der Waals surface area contributed by atoms with Gasteiger partial charge < -0.3 is 18.9 Å². The molecular formula is C118H84N4. The van der Waals surface area contributed by atoms with Crippen LogP contribution in [0.1, 0.15) is 11.1 Å². The number of hydrogen-bond donors (Lipinski definition) is 0. The third kappa shape index (κ3) is 14.1. The zero-order chi connectivity index (χ0) is 81.4. The predicted octanol–water partition coefficient (Wildman–Crippen LogP) is 32.8. The van der Waals surface area contributed by atoms with Crippen molar-refractivity contribution in [2.24, 2.45) is 0 Å². The number of nitrogens with zero attached hydrogens (tertiary/aromatic N) is 4. The van der Waals surface area contributed by atoms with Gasteiger partial charge in [0.15, 0.2) is 0 Å². The van der Waals surface area contributed by atoms with Crippen molar-refractivity contribution in [3.63, 3.8) is 0 Å². The Bertz CT molecular complexity index is 7530. The summed E-state index contributed by atoms with van der Waals surface area (Å²) in [4.78, 5) is 4.69. The minimum Gasteiger partial charge on any atom is -0.311 e. The molecule has 2 aromatic heterocycles. The van der Waals surface area contributed by atoms with Crippen LogP contribution >= 0.6 is 0 Å². The van der Waals surface area contributed by atoms with E-state index in [9.17, 15) is 0 Å². The first-order valence-corrected chi connectivity index (χ1v) is 42.0. The Morgan fingerprint density at radius 1 is 0.156 bits per heavy atom. The second-order valence-electron chi connectivity index (χ2n) is 31.7. The van der Waals surface area contributed by atoms with Crippen LogP contribution in [-0.2, 0) is 0 Å². The molecule has 20 aromatic carbocycles. The molecule has 0 bridgehead atoms. The van der Waals surface area contributed by atoms with E-state index in [1.807, 2.05) is 0 Å². The molecule has 0 saturated heterocycles. The second kappa shape index (κ2) is 32.2. The Labute approximate surface area is 711 Å². The summed E-state index contributed by atoms with van der Waals surface area (Å²) >= 11 is 0. The third-order valence-electron chi connectivity index (χ3n) is 24.2. The van der Waals surface area contributed by atoms with Crippen LogP contribution in [0.3, 0.4) is 0 Å². The van der Waals surface area contributed by atoms with Crippen molar-refractivity contribution < 1.29 is 0 Å². The summed E-state index contributed by atoms with van der Waals surface area (Å²) < 4.78 is 4.77. The average molecular weight is 1560 g/mol. The summed E-state index contributed by atoms with van der Waals surface area (Å²) in [7, 11) is 0. The van der Waals surface area contributed by atoms with Gasteiger partial charge in [-0.05, 0) is 246 Å². The maximum atomic E-state index is 2.39. The van der Waals surface area contributed by atoms with Crippen LogP contribution in [0, 0.1) is 13.8 Å². The van der Waals surface area contributed by atoms with E-state index in [0.29, 0.717) is 0 Å². The highest BCUT2D eigenvalue weighted by molar-refractivity contribution is 6.14. The molecule has 0 saturated carbocycles. The van der Waals surface area contributed by atoms with Gasteiger partial charge in [0.2, 0.25) is 0 Å². The molecule has 0 radical (unpaired) electrons. The number of hydrogen-bond acceptors (Lipinski definition) is 2. The van der Waals surface area contributed by atoms with E-state index >= 15 is 0 Å². The highest BCUT2D eigenvalue weighted by Crippen LogP contribution is 2.46. The van der Waals surface area contributed by atoms with Gasteiger partial charge in [0, 0.05) is 66.7 Å². The van der Waals surface area contributed by atoms with Crippen molar-refractivity contribution in [3.05, 3.63) is 484 Å². The SMILES string of the molecule is Cc1ccc(-n2c3ccccc3c3cc(-c4ccc(-c5ccc(-c6ccc(N(c7ccccc7)c7ccc(-c8ccccc8)cc7)c7ccccc67)cc5)cc4)ccc32)cc1.Cc1ccc(-n2c3ccccc3c3cc(-c4ccc(-c5ccc(-c6ccc(N(c7ccccc7)c7ccc(-c8ccccc8)cc7)cc6)cc5)c5ccccc45)ccc32)cc1. The standard InChI is InChI=1S/2C59H42N2/c1-41-20-31-51(32-21-41)61-58-19-11-10-18-56(58)57-40-47(30-39-59(57)61)53-38-37-52(54-16-8-9-17-55(53)54)46-24-22-43(23-25-46)45-28-35-50(36-29-45)60(48-14-6-3-7-15-48)49-33-26-44(27-34-49)42-12-4-2-5-13-42;1-41-20-33-51(34-21-41)61-57-19-11-10-18-55(57)56-40-48(32-38-59(56)61)46-24-22-43(23-25-46)44-26-28-47(29-27-44)52-37-39-58(54-17-9-8-16-53(52)54)60(49-14-6-3-7-15-49)50-35-30-45(31-36-50)42-12-4-2-5-13-42/h2*2-40H,1H3. The maximum Gasteiger partial charge on any atom is 0.0541 e. The number of fused-ring (bicyclic) bond motifs is 8. The average Bonchev–Trinajstić information content (AvgIpc) is 1.53. The zero-order valence-electron chi connectivity index (χ0n) is 67.8. The van der Waals surface area contributed by atoms with E-state index < -0.39 is 0 Å². The lowest BCUT2D eigenvalue weighted by molar-refractivity contribution is 1.17. The fraction of sp³-hybridized carbons (Fsp3) is 0.0169. The van der Waals surface area contributed by atoms with Crippen molar-refractivity contribution >= 4 is 99.3 Å². The highest BCUT2D eigenvalue weighted by atomic mass is 15.1. The van der Waals surface area contributed by atoms with Gasteiger partial charge in [-0.2, -0.15) is 0 Å². The Hall–Kier alpha value is -15.9. The smallest absolute Gasteiger partial charge is 0.0541 e. The summed E-state index contributed by atoms with van der Waals surface area (Å²) in [6.07, 6.45) is 0. The van der Waals surface area contributed by atoms with Crippen molar-refractivity contribution in [1.29, 1.82) is 0 Å². The van der Waals surface area contributed by atoms with Crippen molar-refractivity contribution in [1.82, 2.24) is 9.13 Å². The second-order valence-corrected chi connectivity index (χ2v) is 31.7.